The van der Waals surface area contributed by atoms with Crippen molar-refractivity contribution in [2.24, 2.45) is 0 Å². The maximum atomic E-state index is 13.9. The fourth-order valence-corrected chi connectivity index (χ4v) is 4.87. The van der Waals surface area contributed by atoms with Crippen LogP contribution in [0.4, 0.5) is 0 Å². The molecule has 208 valence electrons. The molecule has 0 aromatic heterocycles. The molecule has 0 aliphatic heterocycles. The van der Waals surface area contributed by atoms with Gasteiger partial charge >= 0.3 is 0 Å². The Morgan fingerprint density at radius 1 is 0.923 bits per heavy atom. The second-order valence-corrected chi connectivity index (χ2v) is 11.4. The zero-order valence-electron chi connectivity index (χ0n) is 23.2. The van der Waals surface area contributed by atoms with Gasteiger partial charge < -0.3 is 15.0 Å². The van der Waals surface area contributed by atoms with Crippen LogP contribution in [0.5, 0.6) is 5.75 Å². The van der Waals surface area contributed by atoms with E-state index in [9.17, 15) is 9.59 Å². The fourth-order valence-electron chi connectivity index (χ4n) is 4.35. The van der Waals surface area contributed by atoms with Gasteiger partial charge in [-0.25, -0.2) is 0 Å². The van der Waals surface area contributed by atoms with Gasteiger partial charge in [-0.15, -0.1) is 0 Å². The van der Waals surface area contributed by atoms with E-state index in [1.165, 1.54) is 0 Å². The Morgan fingerprint density at radius 3 is 2.21 bits per heavy atom. The lowest BCUT2D eigenvalue weighted by atomic mass is 9.86. The molecule has 1 atom stereocenters. The van der Waals surface area contributed by atoms with Gasteiger partial charge in [-0.05, 0) is 41.2 Å². The van der Waals surface area contributed by atoms with Gasteiger partial charge in [-0.2, -0.15) is 0 Å². The smallest absolute Gasteiger partial charge is 0.261 e. The Labute approximate surface area is 242 Å². The molecule has 0 bridgehead atoms. The number of carbonyl (C=O) groups is 2. The third kappa shape index (κ3) is 8.74. The van der Waals surface area contributed by atoms with E-state index in [0.717, 1.165) is 24.0 Å². The van der Waals surface area contributed by atoms with Gasteiger partial charge in [0.05, 0.1) is 0 Å². The van der Waals surface area contributed by atoms with Gasteiger partial charge in [0.15, 0.2) is 6.61 Å². The molecule has 0 spiro atoms. The fraction of sp³-hybridized carbons (Fsp3) is 0.375. The third-order valence-corrected chi connectivity index (χ3v) is 7.25. The molecule has 3 aromatic carbocycles. The maximum Gasteiger partial charge on any atom is 0.261 e. The molecule has 39 heavy (non-hydrogen) atoms. The van der Waals surface area contributed by atoms with Crippen molar-refractivity contribution in [1.82, 2.24) is 10.2 Å². The average Bonchev–Trinajstić information content (AvgIpc) is 2.91. The van der Waals surface area contributed by atoms with Crippen molar-refractivity contribution in [3.05, 3.63) is 99.5 Å². The number of hydrogen-bond acceptors (Lipinski definition) is 3. The summed E-state index contributed by atoms with van der Waals surface area (Å²) in [5, 5.41) is 3.89. The number of hydrogen-bond donors (Lipinski definition) is 1. The highest BCUT2D eigenvalue weighted by molar-refractivity contribution is 6.36. The topological polar surface area (TPSA) is 58.6 Å². The lowest BCUT2D eigenvalue weighted by molar-refractivity contribution is -0.142. The molecule has 0 saturated carbocycles. The minimum absolute atomic E-state index is 0.0698. The quantitative estimate of drug-likeness (QED) is 0.234. The summed E-state index contributed by atoms with van der Waals surface area (Å²) in [6.07, 6.45) is 2.13. The summed E-state index contributed by atoms with van der Waals surface area (Å²) < 4.78 is 6.09. The van der Waals surface area contributed by atoms with Gasteiger partial charge in [-0.1, -0.05) is 112 Å². The molecule has 0 heterocycles. The molecular formula is C32H38Cl2N2O3. The molecule has 3 rings (SSSR count). The third-order valence-electron chi connectivity index (χ3n) is 6.54. The number of nitrogens with zero attached hydrogens (tertiary/aromatic N) is 1. The van der Waals surface area contributed by atoms with E-state index in [1.807, 2.05) is 54.6 Å². The molecular weight excluding hydrogens is 531 g/mol. The molecule has 0 fully saturated rings. The van der Waals surface area contributed by atoms with E-state index in [0.29, 0.717) is 34.3 Å². The summed E-state index contributed by atoms with van der Waals surface area (Å²) in [7, 11) is 0. The molecule has 1 unspecified atom stereocenters. The van der Waals surface area contributed by atoms with Crippen molar-refractivity contribution in [1.29, 1.82) is 0 Å². The van der Waals surface area contributed by atoms with Crippen molar-refractivity contribution >= 4 is 35.0 Å². The van der Waals surface area contributed by atoms with Crippen molar-refractivity contribution in [2.45, 2.75) is 65.0 Å². The highest BCUT2D eigenvalue weighted by Crippen LogP contribution is 2.31. The first-order chi connectivity index (χ1) is 18.6. The second-order valence-electron chi connectivity index (χ2n) is 10.6. The average molecular weight is 570 g/mol. The molecule has 5 nitrogen and oxygen atoms in total. The Bertz CT molecular complexity index is 1220. The summed E-state index contributed by atoms with van der Waals surface area (Å²) in [5.74, 6) is 0.0845. The zero-order chi connectivity index (χ0) is 28.4. The zero-order valence-corrected chi connectivity index (χ0v) is 24.7. The molecule has 2 amide bonds. The molecule has 0 saturated heterocycles. The predicted octanol–water partition coefficient (Wildman–Crippen LogP) is 7.23. The second kappa shape index (κ2) is 14.4. The van der Waals surface area contributed by atoms with Crippen LogP contribution in [0.1, 0.15) is 57.2 Å². The van der Waals surface area contributed by atoms with Crippen LogP contribution in [0.2, 0.25) is 10.0 Å². The first-order valence-corrected chi connectivity index (χ1v) is 14.1. The van der Waals surface area contributed by atoms with Gasteiger partial charge in [0.25, 0.3) is 5.91 Å². The summed E-state index contributed by atoms with van der Waals surface area (Å²) in [5.41, 5.74) is 2.36. The lowest BCUT2D eigenvalue weighted by Crippen LogP contribution is -2.52. The number of benzene rings is 3. The number of carbonyl (C=O) groups excluding carboxylic acids is 2. The first-order valence-electron chi connectivity index (χ1n) is 13.4. The van der Waals surface area contributed by atoms with Crippen LogP contribution in [0.25, 0.3) is 0 Å². The van der Waals surface area contributed by atoms with Gasteiger partial charge in [-0.3, -0.25) is 9.59 Å². The van der Waals surface area contributed by atoms with Crippen LogP contribution < -0.4 is 10.1 Å². The molecule has 1 N–H and O–H groups in total. The largest absolute Gasteiger partial charge is 0.483 e. The van der Waals surface area contributed by atoms with E-state index in [4.69, 9.17) is 27.9 Å². The Balaban J connectivity index is 1.97. The van der Waals surface area contributed by atoms with Crippen LogP contribution >= 0.6 is 23.2 Å². The number of unbranched alkanes of at least 4 members (excludes halogenated alkanes) is 1. The van der Waals surface area contributed by atoms with Gasteiger partial charge in [0, 0.05) is 35.1 Å². The van der Waals surface area contributed by atoms with Gasteiger partial charge in [0.1, 0.15) is 11.8 Å². The lowest BCUT2D eigenvalue weighted by Gasteiger charge is -2.32. The molecule has 0 radical (unpaired) electrons. The normalized spacial score (nSPS) is 12.1. The van der Waals surface area contributed by atoms with E-state index in [2.05, 4.69) is 33.0 Å². The number of amides is 2. The summed E-state index contributed by atoms with van der Waals surface area (Å²) >= 11 is 13.0. The van der Waals surface area contributed by atoms with Crippen LogP contribution in [0.3, 0.4) is 0 Å². The van der Waals surface area contributed by atoms with Crippen molar-refractivity contribution in [2.75, 3.05) is 13.2 Å². The standard InChI is InChI=1S/C32H38Cl2N2O3/c1-5-6-19-35-31(38)28(20-23-13-8-7-9-14-23)36(21-24-26(33)16-12-17-27(24)34)30(37)22-39-29-18-11-10-15-25(29)32(2,3)4/h7-18,28H,5-6,19-22H2,1-4H3,(H,35,38). The van der Waals surface area contributed by atoms with Crippen LogP contribution in [-0.4, -0.2) is 35.9 Å². The van der Waals surface area contributed by atoms with E-state index >= 15 is 0 Å². The molecule has 3 aromatic rings. The number of halogens is 2. The van der Waals surface area contributed by atoms with Crippen molar-refractivity contribution in [3.63, 3.8) is 0 Å². The Hall–Kier alpha value is -3.02. The summed E-state index contributed by atoms with van der Waals surface area (Å²) in [6.45, 7) is 8.72. The SMILES string of the molecule is CCCCNC(=O)C(Cc1ccccc1)N(Cc1c(Cl)cccc1Cl)C(=O)COc1ccccc1C(C)(C)C. The minimum Gasteiger partial charge on any atom is -0.483 e. The minimum atomic E-state index is -0.787. The summed E-state index contributed by atoms with van der Waals surface area (Å²) in [4.78, 5) is 29.0. The summed E-state index contributed by atoms with van der Waals surface area (Å²) in [6, 6.07) is 21.8. The molecule has 7 heteroatoms. The maximum absolute atomic E-state index is 13.9. The number of ether oxygens (including phenoxy) is 1. The monoisotopic (exact) mass is 568 g/mol. The van der Waals surface area contributed by atoms with Crippen LogP contribution in [0.15, 0.2) is 72.8 Å². The van der Waals surface area contributed by atoms with Gasteiger partial charge in [0.2, 0.25) is 5.91 Å². The number of nitrogens with one attached hydrogen (secondary N) is 1. The molecule has 0 aliphatic carbocycles. The Morgan fingerprint density at radius 2 is 1.56 bits per heavy atom. The highest BCUT2D eigenvalue weighted by atomic mass is 35.5. The van der Waals surface area contributed by atoms with Crippen molar-refractivity contribution < 1.29 is 14.3 Å². The Kier molecular flexibility index (Phi) is 11.3. The van der Waals surface area contributed by atoms with E-state index in [1.54, 1.807) is 23.1 Å². The molecule has 0 aliphatic rings. The van der Waals surface area contributed by atoms with Crippen LogP contribution in [-0.2, 0) is 28.0 Å². The number of para-hydroxylation sites is 1. The van der Waals surface area contributed by atoms with E-state index in [-0.39, 0.29) is 30.4 Å². The first kappa shape index (κ1) is 30.5. The van der Waals surface area contributed by atoms with Crippen molar-refractivity contribution in [3.8, 4) is 5.75 Å². The number of rotatable bonds is 12. The van der Waals surface area contributed by atoms with Crippen LogP contribution in [0, 0.1) is 0 Å². The predicted molar refractivity (Wildman–Crippen MR) is 160 cm³/mol. The van der Waals surface area contributed by atoms with E-state index < -0.39 is 6.04 Å². The highest BCUT2D eigenvalue weighted by Gasteiger charge is 2.32.